The Kier molecular flexibility index (Phi) is 5.49. The highest BCUT2D eigenvalue weighted by Crippen LogP contribution is 2.32. The summed E-state index contributed by atoms with van der Waals surface area (Å²) in [4.78, 5) is 27.3. The van der Waals surface area contributed by atoms with Crippen molar-refractivity contribution in [1.82, 2.24) is 19.8 Å². The number of aromatic nitrogens is 2. The summed E-state index contributed by atoms with van der Waals surface area (Å²) in [5, 5.41) is 9.65. The van der Waals surface area contributed by atoms with Crippen molar-refractivity contribution < 1.29 is 4.79 Å². The molecular weight excluding hydrogens is 316 g/mol. The second kappa shape index (κ2) is 7.79. The van der Waals surface area contributed by atoms with E-state index >= 15 is 0 Å². The summed E-state index contributed by atoms with van der Waals surface area (Å²) in [5.74, 6) is 0.795. The molecule has 25 heavy (non-hydrogen) atoms. The van der Waals surface area contributed by atoms with Gasteiger partial charge in [-0.1, -0.05) is 19.3 Å². The number of hydrogen-bond donors (Lipinski definition) is 0. The van der Waals surface area contributed by atoms with Crippen molar-refractivity contribution in [3.8, 4) is 6.07 Å². The molecule has 0 atom stereocenters. The van der Waals surface area contributed by atoms with Gasteiger partial charge in [-0.2, -0.15) is 5.26 Å². The zero-order valence-electron chi connectivity index (χ0n) is 14.9. The van der Waals surface area contributed by atoms with Crippen molar-refractivity contribution in [3.63, 3.8) is 0 Å². The van der Waals surface area contributed by atoms with E-state index in [4.69, 9.17) is 0 Å². The number of nitrogens with zero attached hydrogens (tertiary/aromatic N) is 6. The average Bonchev–Trinajstić information content (AvgIpc) is 2.69. The molecule has 1 aromatic heterocycles. The molecule has 2 aliphatic rings. The molecule has 0 spiro atoms. The fraction of sp³-hybridized carbons (Fsp3) is 0.667. The summed E-state index contributed by atoms with van der Waals surface area (Å²) in [5.41, 5.74) is -0.602. The van der Waals surface area contributed by atoms with Gasteiger partial charge in [0.1, 0.15) is 5.54 Å². The minimum Gasteiger partial charge on any atom is -0.338 e. The van der Waals surface area contributed by atoms with E-state index in [0.29, 0.717) is 6.54 Å². The number of likely N-dealkylation sites (N-methyl/N-ethyl adjacent to an activating group) is 1. The molecule has 1 aromatic rings. The van der Waals surface area contributed by atoms with E-state index in [1.165, 1.54) is 0 Å². The van der Waals surface area contributed by atoms with Crippen molar-refractivity contribution in [1.29, 1.82) is 5.26 Å². The van der Waals surface area contributed by atoms with Crippen LogP contribution in [0.2, 0.25) is 0 Å². The van der Waals surface area contributed by atoms with Crippen molar-refractivity contribution in [2.24, 2.45) is 0 Å². The maximum Gasteiger partial charge on any atom is 0.237 e. The molecule has 1 saturated heterocycles. The Morgan fingerprint density at radius 2 is 1.84 bits per heavy atom. The lowest BCUT2D eigenvalue weighted by molar-refractivity contribution is -0.136. The number of carbonyl (C=O) groups is 1. The summed E-state index contributed by atoms with van der Waals surface area (Å²) in [6.45, 7) is 3.60. The number of nitriles is 1. The minimum atomic E-state index is -0.602. The Labute approximate surface area is 149 Å². The first-order valence-corrected chi connectivity index (χ1v) is 9.07. The largest absolute Gasteiger partial charge is 0.338 e. The summed E-state index contributed by atoms with van der Waals surface area (Å²) >= 11 is 0. The first kappa shape index (κ1) is 17.6. The highest BCUT2D eigenvalue weighted by molar-refractivity contribution is 5.79. The summed E-state index contributed by atoms with van der Waals surface area (Å²) in [7, 11) is 1.80. The zero-order chi connectivity index (χ0) is 17.7. The molecule has 0 unspecified atom stereocenters. The molecule has 1 aliphatic heterocycles. The van der Waals surface area contributed by atoms with Gasteiger partial charge in [-0.05, 0) is 18.9 Å². The second-order valence-corrected chi connectivity index (χ2v) is 6.97. The fourth-order valence-corrected chi connectivity index (χ4v) is 3.76. The zero-order valence-corrected chi connectivity index (χ0v) is 14.9. The number of piperazine rings is 1. The monoisotopic (exact) mass is 342 g/mol. The van der Waals surface area contributed by atoms with E-state index < -0.39 is 5.54 Å². The van der Waals surface area contributed by atoms with Gasteiger partial charge in [-0.15, -0.1) is 0 Å². The maximum absolute atomic E-state index is 12.7. The van der Waals surface area contributed by atoms with Crippen LogP contribution < -0.4 is 4.90 Å². The Morgan fingerprint density at radius 1 is 1.20 bits per heavy atom. The smallest absolute Gasteiger partial charge is 0.237 e. The lowest BCUT2D eigenvalue weighted by Crippen LogP contribution is -2.55. The predicted octanol–water partition coefficient (Wildman–Crippen LogP) is 1.28. The van der Waals surface area contributed by atoms with Crippen LogP contribution in [0.3, 0.4) is 0 Å². The molecule has 1 aliphatic carbocycles. The Morgan fingerprint density at radius 3 is 2.44 bits per heavy atom. The number of anilines is 1. The Bertz CT molecular complexity index is 614. The van der Waals surface area contributed by atoms with Gasteiger partial charge >= 0.3 is 0 Å². The summed E-state index contributed by atoms with van der Waals surface area (Å²) in [6.07, 6.45) is 8.31. The SMILES string of the molecule is CN(C(=O)CN1CCN(c2ncccn2)CC1)C1(C#N)CCCCC1. The third-order valence-electron chi connectivity index (χ3n) is 5.47. The van der Waals surface area contributed by atoms with E-state index in [1.54, 1.807) is 24.3 Å². The highest BCUT2D eigenvalue weighted by Gasteiger charge is 2.39. The summed E-state index contributed by atoms with van der Waals surface area (Å²) in [6, 6.07) is 4.24. The van der Waals surface area contributed by atoms with Crippen LogP contribution in [0.4, 0.5) is 5.95 Å². The van der Waals surface area contributed by atoms with Gasteiger partial charge in [-0.3, -0.25) is 9.69 Å². The topological polar surface area (TPSA) is 76.4 Å². The third kappa shape index (κ3) is 3.90. The van der Waals surface area contributed by atoms with E-state index in [-0.39, 0.29) is 5.91 Å². The third-order valence-corrected chi connectivity index (χ3v) is 5.47. The van der Waals surface area contributed by atoms with E-state index in [0.717, 1.165) is 64.2 Å². The highest BCUT2D eigenvalue weighted by atomic mass is 16.2. The molecule has 0 bridgehead atoms. The number of amides is 1. The molecule has 1 amide bonds. The number of rotatable bonds is 4. The van der Waals surface area contributed by atoms with E-state index in [1.807, 2.05) is 6.07 Å². The predicted molar refractivity (Wildman–Crippen MR) is 94.9 cm³/mol. The van der Waals surface area contributed by atoms with Crippen LogP contribution in [0.5, 0.6) is 0 Å². The minimum absolute atomic E-state index is 0.0489. The van der Waals surface area contributed by atoms with Gasteiger partial charge in [0.25, 0.3) is 0 Å². The molecule has 0 N–H and O–H groups in total. The van der Waals surface area contributed by atoms with Crippen LogP contribution in [0, 0.1) is 11.3 Å². The first-order chi connectivity index (χ1) is 12.1. The normalized spacial score (nSPS) is 20.7. The quantitative estimate of drug-likeness (QED) is 0.820. The van der Waals surface area contributed by atoms with Gasteiger partial charge in [0.15, 0.2) is 0 Å². The average molecular weight is 342 g/mol. The molecule has 0 radical (unpaired) electrons. The van der Waals surface area contributed by atoms with Crippen molar-refractivity contribution in [2.45, 2.75) is 37.6 Å². The van der Waals surface area contributed by atoms with Crippen LogP contribution in [-0.2, 0) is 4.79 Å². The standard InChI is InChI=1S/C18H26N6O/c1-22(18(15-19)6-3-2-4-7-18)16(25)14-23-10-12-24(13-11-23)17-20-8-5-9-21-17/h5,8-9H,2-4,6-7,10-14H2,1H3. The van der Waals surface area contributed by atoms with Gasteiger partial charge in [0, 0.05) is 45.6 Å². The fourth-order valence-electron chi connectivity index (χ4n) is 3.76. The van der Waals surface area contributed by atoms with Crippen LogP contribution >= 0.6 is 0 Å². The first-order valence-electron chi connectivity index (χ1n) is 9.07. The van der Waals surface area contributed by atoms with Crippen LogP contribution in [0.1, 0.15) is 32.1 Å². The number of carbonyl (C=O) groups excluding carboxylic acids is 1. The maximum atomic E-state index is 12.7. The van der Waals surface area contributed by atoms with E-state index in [2.05, 4.69) is 25.8 Å². The van der Waals surface area contributed by atoms with Crippen LogP contribution in [0.25, 0.3) is 0 Å². The second-order valence-electron chi connectivity index (χ2n) is 6.97. The Hall–Kier alpha value is -2.20. The van der Waals surface area contributed by atoms with Crippen LogP contribution in [0.15, 0.2) is 18.5 Å². The molecule has 3 rings (SSSR count). The lowest BCUT2D eigenvalue weighted by Gasteiger charge is -2.41. The van der Waals surface area contributed by atoms with Crippen molar-refractivity contribution in [2.75, 3.05) is 44.7 Å². The molecule has 7 nitrogen and oxygen atoms in total. The van der Waals surface area contributed by atoms with E-state index in [9.17, 15) is 10.1 Å². The Balaban J connectivity index is 1.53. The molecular formula is C18H26N6O. The van der Waals surface area contributed by atoms with Crippen molar-refractivity contribution in [3.05, 3.63) is 18.5 Å². The molecule has 0 aromatic carbocycles. The molecule has 1 saturated carbocycles. The molecule has 2 fully saturated rings. The molecule has 2 heterocycles. The number of hydrogen-bond acceptors (Lipinski definition) is 6. The lowest BCUT2D eigenvalue weighted by atomic mass is 9.81. The van der Waals surface area contributed by atoms with Gasteiger partial charge < -0.3 is 9.80 Å². The summed E-state index contributed by atoms with van der Waals surface area (Å²) < 4.78 is 0. The molecule has 134 valence electrons. The van der Waals surface area contributed by atoms with Gasteiger partial charge in [-0.25, -0.2) is 9.97 Å². The molecule has 7 heteroatoms. The van der Waals surface area contributed by atoms with Gasteiger partial charge in [0.05, 0.1) is 12.6 Å². The van der Waals surface area contributed by atoms with Crippen molar-refractivity contribution >= 4 is 11.9 Å². The van der Waals surface area contributed by atoms with Crippen LogP contribution in [-0.4, -0.2) is 71.0 Å². The van der Waals surface area contributed by atoms with Gasteiger partial charge in [0.2, 0.25) is 11.9 Å².